The fraction of sp³-hybridized carbons (Fsp3) is 0.421. The van der Waals surface area contributed by atoms with Crippen molar-refractivity contribution in [3.8, 4) is 0 Å². The molecule has 0 aromatic heterocycles. The summed E-state index contributed by atoms with van der Waals surface area (Å²) < 4.78 is 0. The molecule has 0 saturated carbocycles. The predicted octanol–water partition coefficient (Wildman–Crippen LogP) is 2.28. The summed E-state index contributed by atoms with van der Waals surface area (Å²) >= 11 is 0. The molecule has 4 amide bonds. The quantitative estimate of drug-likeness (QED) is 0.458. The van der Waals surface area contributed by atoms with Gasteiger partial charge in [-0.2, -0.15) is 0 Å². The number of rotatable bonds is 6. The van der Waals surface area contributed by atoms with Crippen molar-refractivity contribution in [3.05, 3.63) is 51.7 Å². The summed E-state index contributed by atoms with van der Waals surface area (Å²) in [4.78, 5) is 50.9. The second-order valence-electron chi connectivity index (χ2n) is 6.98. The van der Waals surface area contributed by atoms with Gasteiger partial charge in [0.1, 0.15) is 12.1 Å². The summed E-state index contributed by atoms with van der Waals surface area (Å²) in [6.07, 6.45) is 4.72. The monoisotopic (exact) mass is 386 g/mol. The maximum atomic E-state index is 12.9. The molecule has 1 aliphatic heterocycles. The molecule has 1 aliphatic carbocycles. The average molecular weight is 386 g/mol. The van der Waals surface area contributed by atoms with Crippen molar-refractivity contribution in [2.24, 2.45) is 0 Å². The van der Waals surface area contributed by atoms with Gasteiger partial charge < -0.3 is 10.2 Å². The highest BCUT2D eigenvalue weighted by molar-refractivity contribution is 6.09. The van der Waals surface area contributed by atoms with Crippen LogP contribution >= 0.6 is 0 Å². The van der Waals surface area contributed by atoms with Gasteiger partial charge in [-0.05, 0) is 50.8 Å². The minimum Gasteiger partial charge on any atom is -0.319 e. The van der Waals surface area contributed by atoms with Crippen LogP contribution in [-0.4, -0.2) is 45.7 Å². The first-order valence-corrected chi connectivity index (χ1v) is 9.16. The van der Waals surface area contributed by atoms with Gasteiger partial charge in [-0.15, -0.1) is 0 Å². The summed E-state index contributed by atoms with van der Waals surface area (Å²) in [5, 5.41) is 13.4. The molecule has 1 saturated heterocycles. The highest BCUT2D eigenvalue weighted by Crippen LogP contribution is 2.30. The fourth-order valence-electron chi connectivity index (χ4n) is 3.61. The molecule has 148 valence electrons. The van der Waals surface area contributed by atoms with E-state index in [9.17, 15) is 24.5 Å². The molecule has 0 spiro atoms. The Balaban J connectivity index is 1.79. The Labute approximate surface area is 162 Å². The van der Waals surface area contributed by atoms with Gasteiger partial charge in [0.05, 0.1) is 4.92 Å². The topological polar surface area (TPSA) is 113 Å². The lowest BCUT2D eigenvalue weighted by Crippen LogP contribution is -2.44. The zero-order valence-electron chi connectivity index (χ0n) is 15.8. The number of nitrogens with zero attached hydrogens (tertiary/aromatic N) is 3. The zero-order chi connectivity index (χ0) is 20.5. The highest BCUT2D eigenvalue weighted by atomic mass is 16.6. The number of imide groups is 1. The number of nitrogens with one attached hydrogen (secondary N) is 1. The average Bonchev–Trinajstić information content (AvgIpc) is 3.26. The lowest BCUT2D eigenvalue weighted by atomic mass is 9.92. The minimum absolute atomic E-state index is 0.111. The number of carbonyl (C=O) groups is 3. The molecular formula is C19H22N4O5. The van der Waals surface area contributed by atoms with Crippen LogP contribution in [-0.2, 0) is 15.1 Å². The fourth-order valence-corrected chi connectivity index (χ4v) is 3.61. The number of nitro groups is 1. The van der Waals surface area contributed by atoms with Gasteiger partial charge in [-0.25, -0.2) is 4.79 Å². The largest absolute Gasteiger partial charge is 0.325 e. The van der Waals surface area contributed by atoms with Crippen molar-refractivity contribution < 1.29 is 19.3 Å². The number of non-ortho nitro benzene ring substituents is 1. The second-order valence-corrected chi connectivity index (χ2v) is 6.98. The number of amides is 4. The zero-order valence-corrected chi connectivity index (χ0v) is 15.8. The lowest BCUT2D eigenvalue weighted by Gasteiger charge is -2.25. The van der Waals surface area contributed by atoms with Gasteiger partial charge in [0.15, 0.2) is 0 Å². The van der Waals surface area contributed by atoms with Crippen LogP contribution in [0, 0.1) is 10.1 Å². The lowest BCUT2D eigenvalue weighted by molar-refractivity contribution is -0.384. The number of hydrogen-bond donors (Lipinski definition) is 1. The van der Waals surface area contributed by atoms with Gasteiger partial charge in [0.25, 0.3) is 11.6 Å². The number of allylic oxidation sites excluding steroid dienone is 2. The van der Waals surface area contributed by atoms with Gasteiger partial charge in [0, 0.05) is 24.4 Å². The third kappa shape index (κ3) is 3.35. The molecule has 1 atom stereocenters. The Bertz CT molecular complexity index is 864. The van der Waals surface area contributed by atoms with E-state index in [1.807, 2.05) is 13.0 Å². The summed E-state index contributed by atoms with van der Waals surface area (Å²) in [5.41, 5.74) is -0.148. The molecule has 1 N–H and O–H groups in total. The molecular weight excluding hydrogens is 364 g/mol. The number of benzene rings is 1. The van der Waals surface area contributed by atoms with Crippen LogP contribution in [0.4, 0.5) is 10.5 Å². The Morgan fingerprint density at radius 3 is 2.54 bits per heavy atom. The van der Waals surface area contributed by atoms with E-state index in [0.29, 0.717) is 12.1 Å². The van der Waals surface area contributed by atoms with E-state index < -0.39 is 22.4 Å². The normalized spacial score (nSPS) is 21.5. The van der Waals surface area contributed by atoms with Crippen molar-refractivity contribution in [1.29, 1.82) is 0 Å². The molecule has 28 heavy (non-hydrogen) atoms. The molecule has 9 nitrogen and oxygen atoms in total. The van der Waals surface area contributed by atoms with Crippen LogP contribution in [0.5, 0.6) is 0 Å². The molecule has 1 heterocycles. The van der Waals surface area contributed by atoms with Crippen LogP contribution in [0.1, 0.15) is 38.7 Å². The highest BCUT2D eigenvalue weighted by Gasteiger charge is 2.49. The van der Waals surface area contributed by atoms with E-state index in [1.165, 1.54) is 31.2 Å². The Kier molecular flexibility index (Phi) is 5.17. The van der Waals surface area contributed by atoms with Gasteiger partial charge in [-0.3, -0.25) is 24.6 Å². The molecule has 0 bridgehead atoms. The summed E-state index contributed by atoms with van der Waals surface area (Å²) in [6.45, 7) is 3.49. The number of carbonyl (C=O) groups excluding carboxylic acids is 3. The number of likely N-dealkylation sites (N-methyl/N-ethyl adjacent to an activating group) is 1. The van der Waals surface area contributed by atoms with Crippen molar-refractivity contribution in [2.75, 3.05) is 13.1 Å². The predicted molar refractivity (Wildman–Crippen MR) is 100 cm³/mol. The molecule has 3 rings (SSSR count). The molecule has 1 aromatic carbocycles. The molecule has 0 radical (unpaired) electrons. The Morgan fingerprint density at radius 2 is 2.00 bits per heavy atom. The molecule has 2 aliphatic rings. The van der Waals surface area contributed by atoms with Crippen LogP contribution < -0.4 is 5.32 Å². The van der Waals surface area contributed by atoms with Crippen LogP contribution in [0.3, 0.4) is 0 Å². The smallest absolute Gasteiger partial charge is 0.319 e. The van der Waals surface area contributed by atoms with Crippen molar-refractivity contribution in [2.45, 2.75) is 38.6 Å². The molecule has 1 fully saturated rings. The van der Waals surface area contributed by atoms with Crippen LogP contribution in [0.15, 0.2) is 36.0 Å². The van der Waals surface area contributed by atoms with E-state index >= 15 is 0 Å². The number of urea groups is 1. The van der Waals surface area contributed by atoms with Crippen molar-refractivity contribution >= 4 is 23.5 Å². The van der Waals surface area contributed by atoms with E-state index in [2.05, 4.69) is 5.32 Å². The first-order valence-electron chi connectivity index (χ1n) is 9.16. The maximum absolute atomic E-state index is 12.9. The van der Waals surface area contributed by atoms with E-state index in [0.717, 1.165) is 29.9 Å². The first-order chi connectivity index (χ1) is 13.3. The first kappa shape index (κ1) is 19.5. The summed E-state index contributed by atoms with van der Waals surface area (Å²) in [7, 11) is 0. The van der Waals surface area contributed by atoms with E-state index in [1.54, 1.807) is 4.90 Å². The van der Waals surface area contributed by atoms with E-state index in [4.69, 9.17) is 0 Å². The standard InChI is InChI=1S/C19H22N4O5/c1-3-21(14-6-4-5-7-14)16(24)12-22-17(25)19(2,20-18(22)26)13-8-10-15(11-9-13)23(27)28/h6,8-11H,3-5,7,12H2,1-2H3,(H,20,26). The third-order valence-electron chi connectivity index (χ3n) is 5.20. The van der Waals surface area contributed by atoms with Crippen molar-refractivity contribution in [3.63, 3.8) is 0 Å². The minimum atomic E-state index is -1.38. The molecule has 9 heteroatoms. The second kappa shape index (κ2) is 7.41. The van der Waals surface area contributed by atoms with E-state index in [-0.39, 0.29) is 18.1 Å². The number of hydrogen-bond acceptors (Lipinski definition) is 5. The van der Waals surface area contributed by atoms with Crippen LogP contribution in [0.25, 0.3) is 0 Å². The number of nitro benzene ring substituents is 1. The Hall–Kier alpha value is -3.23. The van der Waals surface area contributed by atoms with Gasteiger partial charge in [0.2, 0.25) is 5.91 Å². The SMILES string of the molecule is CCN(C(=O)CN1C(=O)NC(C)(c2ccc([N+](=O)[O-])cc2)C1=O)C1=CCCC1. The Morgan fingerprint density at radius 1 is 1.32 bits per heavy atom. The van der Waals surface area contributed by atoms with Gasteiger partial charge >= 0.3 is 6.03 Å². The van der Waals surface area contributed by atoms with Crippen molar-refractivity contribution in [1.82, 2.24) is 15.1 Å². The molecule has 1 unspecified atom stereocenters. The summed E-state index contributed by atoms with van der Waals surface area (Å²) in [5.74, 6) is -0.872. The maximum Gasteiger partial charge on any atom is 0.325 e. The van der Waals surface area contributed by atoms with Crippen LogP contribution in [0.2, 0.25) is 0 Å². The van der Waals surface area contributed by atoms with Gasteiger partial charge in [-0.1, -0.05) is 6.08 Å². The molecule has 1 aromatic rings. The summed E-state index contributed by atoms with van der Waals surface area (Å²) in [6, 6.07) is 4.76. The third-order valence-corrected chi connectivity index (χ3v) is 5.20.